The Morgan fingerprint density at radius 3 is 2.77 bits per heavy atom. The average molecular weight is 200 g/mol. The maximum Gasteiger partial charge on any atom is 0.125 e. The van der Waals surface area contributed by atoms with Crippen molar-refractivity contribution in [1.29, 1.82) is 0 Å². The van der Waals surface area contributed by atoms with E-state index < -0.39 is 0 Å². The largest absolute Gasteiger partial charge is 0.491 e. The van der Waals surface area contributed by atoms with Gasteiger partial charge in [-0.3, -0.25) is 4.98 Å². The molecule has 0 bridgehead atoms. The highest BCUT2D eigenvalue weighted by Crippen LogP contribution is 2.19. The number of hydrogen-bond acceptors (Lipinski definition) is 2. The van der Waals surface area contributed by atoms with Crippen molar-refractivity contribution in [3.63, 3.8) is 0 Å². The van der Waals surface area contributed by atoms with E-state index in [1.807, 2.05) is 26.8 Å². The van der Waals surface area contributed by atoms with Crippen LogP contribution in [0.4, 0.5) is 0 Å². The molecule has 0 spiro atoms. The molecule has 1 rings (SSSR count). The molecule has 72 valence electrons. The lowest BCUT2D eigenvalue weighted by atomic mass is 10.2. The molecule has 0 radical (unpaired) electrons. The van der Waals surface area contributed by atoms with Gasteiger partial charge in [0.1, 0.15) is 5.75 Å². The van der Waals surface area contributed by atoms with Crippen LogP contribution in [0.2, 0.25) is 0 Å². The molecule has 0 N–H and O–H groups in total. The lowest BCUT2D eigenvalue weighted by Crippen LogP contribution is -2.07. The van der Waals surface area contributed by atoms with Gasteiger partial charge >= 0.3 is 0 Å². The zero-order valence-electron chi connectivity index (χ0n) is 8.17. The molecular weight excluding hydrogens is 186 g/mol. The van der Waals surface area contributed by atoms with E-state index in [-0.39, 0.29) is 6.10 Å². The first-order valence-electron chi connectivity index (χ1n) is 4.31. The summed E-state index contributed by atoms with van der Waals surface area (Å²) in [7, 11) is 0. The van der Waals surface area contributed by atoms with Crippen molar-refractivity contribution in [2.45, 2.75) is 32.8 Å². The molecular formula is C10H14ClNO. The van der Waals surface area contributed by atoms with E-state index in [1.165, 1.54) is 0 Å². The molecule has 0 aliphatic heterocycles. The SMILES string of the molecule is Cc1cnc(CCl)cc1OC(C)C. The molecule has 2 nitrogen and oxygen atoms in total. The molecule has 0 saturated carbocycles. The normalized spacial score (nSPS) is 10.5. The fourth-order valence-corrected chi connectivity index (χ4v) is 1.15. The summed E-state index contributed by atoms with van der Waals surface area (Å²) in [6.45, 7) is 5.98. The molecule has 13 heavy (non-hydrogen) atoms. The first kappa shape index (κ1) is 10.3. The second-order valence-electron chi connectivity index (χ2n) is 3.24. The summed E-state index contributed by atoms with van der Waals surface area (Å²) in [5.74, 6) is 1.30. The number of nitrogens with zero attached hydrogens (tertiary/aromatic N) is 1. The summed E-state index contributed by atoms with van der Waals surface area (Å²) in [6, 6.07) is 1.89. The molecule has 0 saturated heterocycles. The topological polar surface area (TPSA) is 22.1 Å². The van der Waals surface area contributed by atoms with Crippen LogP contribution in [0.1, 0.15) is 25.1 Å². The van der Waals surface area contributed by atoms with E-state index in [4.69, 9.17) is 16.3 Å². The molecule has 0 aliphatic rings. The molecule has 1 aromatic heterocycles. The van der Waals surface area contributed by atoms with Crippen LogP contribution in [-0.2, 0) is 5.88 Å². The van der Waals surface area contributed by atoms with Gasteiger partial charge in [0.2, 0.25) is 0 Å². The lowest BCUT2D eigenvalue weighted by molar-refractivity contribution is 0.240. The van der Waals surface area contributed by atoms with Crippen molar-refractivity contribution in [3.05, 3.63) is 23.5 Å². The van der Waals surface area contributed by atoms with Gasteiger partial charge in [-0.1, -0.05) is 0 Å². The summed E-state index contributed by atoms with van der Waals surface area (Å²) in [5, 5.41) is 0. The third kappa shape index (κ3) is 2.88. The van der Waals surface area contributed by atoms with Crippen molar-refractivity contribution in [2.75, 3.05) is 0 Å². The second-order valence-corrected chi connectivity index (χ2v) is 3.51. The number of pyridine rings is 1. The van der Waals surface area contributed by atoms with E-state index in [0.717, 1.165) is 17.0 Å². The monoisotopic (exact) mass is 199 g/mol. The summed E-state index contributed by atoms with van der Waals surface area (Å²) in [4.78, 5) is 4.15. The van der Waals surface area contributed by atoms with Gasteiger partial charge in [-0.25, -0.2) is 0 Å². The highest BCUT2D eigenvalue weighted by Gasteiger charge is 2.03. The van der Waals surface area contributed by atoms with Gasteiger partial charge in [0.25, 0.3) is 0 Å². The Labute approximate surface area is 83.9 Å². The minimum atomic E-state index is 0.185. The quantitative estimate of drug-likeness (QED) is 0.699. The summed E-state index contributed by atoms with van der Waals surface area (Å²) in [5.41, 5.74) is 1.89. The molecule has 1 aromatic rings. The highest BCUT2D eigenvalue weighted by atomic mass is 35.5. The predicted molar refractivity (Wildman–Crippen MR) is 54.3 cm³/mol. The summed E-state index contributed by atoms with van der Waals surface area (Å²) in [6.07, 6.45) is 1.97. The van der Waals surface area contributed by atoms with Crippen LogP contribution >= 0.6 is 11.6 Å². The number of ether oxygens (including phenoxy) is 1. The molecule has 0 aliphatic carbocycles. The molecule has 0 amide bonds. The van der Waals surface area contributed by atoms with Gasteiger partial charge in [-0.15, -0.1) is 11.6 Å². The Kier molecular flexibility index (Phi) is 3.55. The van der Waals surface area contributed by atoms with E-state index in [0.29, 0.717) is 5.88 Å². The van der Waals surface area contributed by atoms with Crippen molar-refractivity contribution >= 4 is 11.6 Å². The van der Waals surface area contributed by atoms with Crippen LogP contribution in [-0.4, -0.2) is 11.1 Å². The van der Waals surface area contributed by atoms with E-state index >= 15 is 0 Å². The Morgan fingerprint density at radius 2 is 2.23 bits per heavy atom. The third-order valence-electron chi connectivity index (χ3n) is 1.61. The van der Waals surface area contributed by atoms with Crippen LogP contribution < -0.4 is 4.74 Å². The third-order valence-corrected chi connectivity index (χ3v) is 1.88. The Bertz CT molecular complexity index is 286. The number of hydrogen-bond donors (Lipinski definition) is 0. The smallest absolute Gasteiger partial charge is 0.125 e. The zero-order valence-corrected chi connectivity index (χ0v) is 8.93. The standard InChI is InChI=1S/C10H14ClNO/c1-7(2)13-10-4-9(5-11)12-6-8(10)3/h4,6-7H,5H2,1-3H3. The Morgan fingerprint density at radius 1 is 1.54 bits per heavy atom. The van der Waals surface area contributed by atoms with Crippen molar-refractivity contribution in [2.24, 2.45) is 0 Å². The van der Waals surface area contributed by atoms with Crippen LogP contribution in [0.5, 0.6) is 5.75 Å². The molecule has 0 atom stereocenters. The van der Waals surface area contributed by atoms with Crippen molar-refractivity contribution in [3.8, 4) is 5.75 Å². The van der Waals surface area contributed by atoms with E-state index in [9.17, 15) is 0 Å². The van der Waals surface area contributed by atoms with Gasteiger partial charge in [0.05, 0.1) is 17.7 Å². The van der Waals surface area contributed by atoms with Crippen LogP contribution in [0.3, 0.4) is 0 Å². The molecule has 3 heteroatoms. The predicted octanol–water partition coefficient (Wildman–Crippen LogP) is 2.92. The van der Waals surface area contributed by atoms with Crippen molar-refractivity contribution in [1.82, 2.24) is 4.98 Å². The van der Waals surface area contributed by atoms with Gasteiger partial charge in [-0.05, 0) is 20.8 Å². The first-order valence-corrected chi connectivity index (χ1v) is 4.85. The lowest BCUT2D eigenvalue weighted by Gasteiger charge is -2.12. The highest BCUT2D eigenvalue weighted by molar-refractivity contribution is 6.16. The minimum Gasteiger partial charge on any atom is -0.491 e. The Balaban J connectivity index is 2.90. The number of aromatic nitrogens is 1. The number of rotatable bonds is 3. The van der Waals surface area contributed by atoms with Crippen LogP contribution in [0.25, 0.3) is 0 Å². The minimum absolute atomic E-state index is 0.185. The van der Waals surface area contributed by atoms with Gasteiger partial charge < -0.3 is 4.74 Å². The zero-order chi connectivity index (χ0) is 9.84. The fraction of sp³-hybridized carbons (Fsp3) is 0.500. The fourth-order valence-electron chi connectivity index (χ4n) is 1.000. The first-order chi connectivity index (χ1) is 6.13. The number of halogens is 1. The number of alkyl halides is 1. The Hall–Kier alpha value is -0.760. The number of aryl methyl sites for hydroxylation is 1. The molecule has 1 heterocycles. The second kappa shape index (κ2) is 4.47. The van der Waals surface area contributed by atoms with E-state index in [1.54, 1.807) is 6.20 Å². The van der Waals surface area contributed by atoms with Gasteiger partial charge in [0, 0.05) is 17.8 Å². The summed E-state index contributed by atoms with van der Waals surface area (Å²) < 4.78 is 5.59. The van der Waals surface area contributed by atoms with Crippen LogP contribution in [0.15, 0.2) is 12.3 Å². The summed E-state index contributed by atoms with van der Waals surface area (Å²) >= 11 is 5.67. The van der Waals surface area contributed by atoms with Gasteiger partial charge in [0.15, 0.2) is 0 Å². The van der Waals surface area contributed by atoms with Crippen molar-refractivity contribution < 1.29 is 4.74 Å². The maximum atomic E-state index is 5.67. The van der Waals surface area contributed by atoms with Crippen LogP contribution in [0, 0.1) is 6.92 Å². The molecule has 0 aromatic carbocycles. The van der Waals surface area contributed by atoms with Gasteiger partial charge in [-0.2, -0.15) is 0 Å². The maximum absolute atomic E-state index is 5.67. The molecule has 0 fully saturated rings. The van der Waals surface area contributed by atoms with E-state index in [2.05, 4.69) is 4.98 Å². The molecule has 0 unspecified atom stereocenters. The average Bonchev–Trinajstić information content (AvgIpc) is 2.08.